The SMILES string of the molecule is CC1(C(=O)O)CCCCN1C(=O)N1CCCNCC1. The van der Waals surface area contributed by atoms with Gasteiger partial charge < -0.3 is 20.2 Å². The third-order valence-corrected chi connectivity index (χ3v) is 4.19. The van der Waals surface area contributed by atoms with Crippen molar-refractivity contribution < 1.29 is 14.7 Å². The topological polar surface area (TPSA) is 72.9 Å². The number of rotatable bonds is 1. The lowest BCUT2D eigenvalue weighted by molar-refractivity contribution is -0.150. The molecule has 108 valence electrons. The van der Waals surface area contributed by atoms with Gasteiger partial charge in [-0.2, -0.15) is 0 Å². The summed E-state index contributed by atoms with van der Waals surface area (Å²) in [6, 6.07) is -0.117. The van der Waals surface area contributed by atoms with Crippen molar-refractivity contribution in [1.82, 2.24) is 15.1 Å². The second-order valence-corrected chi connectivity index (χ2v) is 5.56. The minimum atomic E-state index is -1.05. The van der Waals surface area contributed by atoms with Gasteiger partial charge in [0.1, 0.15) is 5.54 Å². The third-order valence-electron chi connectivity index (χ3n) is 4.19. The average molecular weight is 269 g/mol. The van der Waals surface area contributed by atoms with Gasteiger partial charge in [-0.25, -0.2) is 9.59 Å². The van der Waals surface area contributed by atoms with E-state index in [-0.39, 0.29) is 6.03 Å². The molecule has 1 atom stereocenters. The standard InChI is InChI=1S/C13H23N3O3/c1-13(11(17)18)5-2-3-9-16(13)12(19)15-8-4-6-14-7-10-15/h14H,2-10H2,1H3,(H,17,18). The summed E-state index contributed by atoms with van der Waals surface area (Å²) in [7, 11) is 0. The van der Waals surface area contributed by atoms with Crippen molar-refractivity contribution in [1.29, 1.82) is 0 Å². The molecule has 2 amide bonds. The number of aliphatic carboxylic acids is 1. The molecule has 19 heavy (non-hydrogen) atoms. The molecule has 0 radical (unpaired) electrons. The number of amides is 2. The number of hydrogen-bond donors (Lipinski definition) is 2. The lowest BCUT2D eigenvalue weighted by Gasteiger charge is -2.43. The molecule has 6 nitrogen and oxygen atoms in total. The highest BCUT2D eigenvalue weighted by Crippen LogP contribution is 2.29. The molecule has 2 heterocycles. The van der Waals surface area contributed by atoms with E-state index in [1.807, 2.05) is 0 Å². The van der Waals surface area contributed by atoms with Crippen molar-refractivity contribution in [2.45, 2.75) is 38.1 Å². The number of carbonyl (C=O) groups excluding carboxylic acids is 1. The summed E-state index contributed by atoms with van der Waals surface area (Å²) in [4.78, 5) is 27.4. The second-order valence-electron chi connectivity index (χ2n) is 5.56. The Morgan fingerprint density at radius 2 is 1.89 bits per heavy atom. The van der Waals surface area contributed by atoms with Crippen molar-refractivity contribution in [3.63, 3.8) is 0 Å². The van der Waals surface area contributed by atoms with Crippen LogP contribution in [0.25, 0.3) is 0 Å². The summed E-state index contributed by atoms with van der Waals surface area (Å²) in [6.45, 7) is 5.28. The molecule has 2 saturated heterocycles. The van der Waals surface area contributed by atoms with Crippen LogP contribution in [0.3, 0.4) is 0 Å². The quantitative estimate of drug-likeness (QED) is 0.736. The van der Waals surface area contributed by atoms with Crippen LogP contribution in [0.5, 0.6) is 0 Å². The fourth-order valence-corrected chi connectivity index (χ4v) is 2.86. The van der Waals surface area contributed by atoms with E-state index in [0.717, 1.165) is 32.4 Å². The Bertz CT molecular complexity index is 353. The lowest BCUT2D eigenvalue weighted by atomic mass is 9.89. The van der Waals surface area contributed by atoms with Crippen LogP contribution in [0.15, 0.2) is 0 Å². The molecular formula is C13H23N3O3. The molecule has 0 spiro atoms. The molecule has 0 aromatic carbocycles. The van der Waals surface area contributed by atoms with E-state index in [0.29, 0.717) is 26.1 Å². The highest BCUT2D eigenvalue weighted by Gasteiger charge is 2.45. The zero-order valence-electron chi connectivity index (χ0n) is 11.5. The van der Waals surface area contributed by atoms with Crippen molar-refractivity contribution in [2.75, 3.05) is 32.7 Å². The molecule has 0 aromatic rings. The predicted molar refractivity (Wildman–Crippen MR) is 71.1 cm³/mol. The Morgan fingerprint density at radius 1 is 1.11 bits per heavy atom. The molecule has 0 bridgehead atoms. The zero-order chi connectivity index (χ0) is 13.9. The van der Waals surface area contributed by atoms with Crippen LogP contribution in [0.2, 0.25) is 0 Å². The smallest absolute Gasteiger partial charge is 0.329 e. The van der Waals surface area contributed by atoms with E-state index >= 15 is 0 Å². The van der Waals surface area contributed by atoms with Crippen LogP contribution in [0.4, 0.5) is 4.79 Å². The van der Waals surface area contributed by atoms with Gasteiger partial charge in [0.25, 0.3) is 0 Å². The average Bonchev–Trinajstić information content (AvgIpc) is 2.67. The number of nitrogens with zero attached hydrogens (tertiary/aromatic N) is 2. The van der Waals surface area contributed by atoms with E-state index in [1.54, 1.807) is 16.7 Å². The van der Waals surface area contributed by atoms with Crippen LogP contribution in [-0.2, 0) is 4.79 Å². The van der Waals surface area contributed by atoms with Crippen molar-refractivity contribution in [3.8, 4) is 0 Å². The molecule has 0 aliphatic carbocycles. The Hall–Kier alpha value is -1.30. The number of likely N-dealkylation sites (tertiary alicyclic amines) is 1. The number of urea groups is 1. The van der Waals surface area contributed by atoms with Crippen LogP contribution in [0.1, 0.15) is 32.6 Å². The van der Waals surface area contributed by atoms with E-state index in [9.17, 15) is 14.7 Å². The highest BCUT2D eigenvalue weighted by atomic mass is 16.4. The molecule has 0 saturated carbocycles. The normalized spacial score (nSPS) is 28.9. The maximum absolute atomic E-state index is 12.6. The van der Waals surface area contributed by atoms with Crippen LogP contribution >= 0.6 is 0 Å². The number of hydrogen-bond acceptors (Lipinski definition) is 3. The van der Waals surface area contributed by atoms with Gasteiger partial charge in [0, 0.05) is 26.2 Å². The van der Waals surface area contributed by atoms with Crippen molar-refractivity contribution >= 4 is 12.0 Å². The number of nitrogens with one attached hydrogen (secondary N) is 1. The van der Waals surface area contributed by atoms with Gasteiger partial charge in [-0.15, -0.1) is 0 Å². The number of carboxylic acid groups (broad SMARTS) is 1. The van der Waals surface area contributed by atoms with Gasteiger partial charge in [-0.3, -0.25) is 0 Å². The molecule has 1 unspecified atom stereocenters. The zero-order valence-corrected chi connectivity index (χ0v) is 11.5. The summed E-state index contributed by atoms with van der Waals surface area (Å²) in [6.07, 6.45) is 3.22. The van der Waals surface area contributed by atoms with Gasteiger partial charge in [-0.1, -0.05) is 0 Å². The second kappa shape index (κ2) is 5.77. The fraction of sp³-hybridized carbons (Fsp3) is 0.846. The minimum Gasteiger partial charge on any atom is -0.480 e. The third kappa shape index (κ3) is 2.83. The minimum absolute atomic E-state index is 0.117. The molecule has 2 rings (SSSR count). The maximum Gasteiger partial charge on any atom is 0.329 e. The van der Waals surface area contributed by atoms with Crippen LogP contribution in [-0.4, -0.2) is 65.2 Å². The monoisotopic (exact) mass is 269 g/mol. The molecule has 0 aromatic heterocycles. The van der Waals surface area contributed by atoms with Crippen LogP contribution < -0.4 is 5.32 Å². The van der Waals surface area contributed by atoms with Gasteiger partial charge >= 0.3 is 12.0 Å². The summed E-state index contributed by atoms with van der Waals surface area (Å²) < 4.78 is 0. The molecule has 2 fully saturated rings. The fourth-order valence-electron chi connectivity index (χ4n) is 2.86. The number of carboxylic acids is 1. The summed E-state index contributed by atoms with van der Waals surface area (Å²) in [5.74, 6) is -0.895. The Kier molecular flexibility index (Phi) is 4.29. The predicted octanol–water partition coefficient (Wildman–Crippen LogP) is 0.731. The summed E-state index contributed by atoms with van der Waals surface area (Å²) in [5.41, 5.74) is -1.05. The first-order valence-electron chi connectivity index (χ1n) is 7.06. The van der Waals surface area contributed by atoms with E-state index in [1.165, 1.54) is 0 Å². The largest absolute Gasteiger partial charge is 0.480 e. The molecule has 6 heteroatoms. The molecule has 2 N–H and O–H groups in total. The van der Waals surface area contributed by atoms with E-state index < -0.39 is 11.5 Å². The van der Waals surface area contributed by atoms with Gasteiger partial charge in [0.15, 0.2) is 0 Å². The number of carbonyl (C=O) groups is 2. The summed E-state index contributed by atoms with van der Waals surface area (Å²) in [5, 5.41) is 12.7. The van der Waals surface area contributed by atoms with Gasteiger partial charge in [0.05, 0.1) is 0 Å². The Morgan fingerprint density at radius 3 is 2.63 bits per heavy atom. The molecule has 2 aliphatic rings. The maximum atomic E-state index is 12.6. The van der Waals surface area contributed by atoms with E-state index in [4.69, 9.17) is 0 Å². The first-order chi connectivity index (χ1) is 9.05. The van der Waals surface area contributed by atoms with Gasteiger partial charge in [0.2, 0.25) is 0 Å². The number of piperidine rings is 1. The van der Waals surface area contributed by atoms with Crippen LogP contribution in [0, 0.1) is 0 Å². The first kappa shape index (κ1) is 14.1. The highest BCUT2D eigenvalue weighted by molar-refractivity contribution is 5.86. The van der Waals surface area contributed by atoms with Gasteiger partial charge in [-0.05, 0) is 39.2 Å². The molecular weight excluding hydrogens is 246 g/mol. The lowest BCUT2D eigenvalue weighted by Crippen LogP contribution is -2.60. The van der Waals surface area contributed by atoms with E-state index in [2.05, 4.69) is 5.32 Å². The summed E-state index contributed by atoms with van der Waals surface area (Å²) >= 11 is 0. The Labute approximate surface area is 113 Å². The van der Waals surface area contributed by atoms with Crippen molar-refractivity contribution in [2.24, 2.45) is 0 Å². The molecule has 2 aliphatic heterocycles. The Balaban J connectivity index is 2.12. The first-order valence-corrected chi connectivity index (χ1v) is 7.06. The van der Waals surface area contributed by atoms with Crippen molar-refractivity contribution in [3.05, 3.63) is 0 Å².